The molecule has 0 aromatic heterocycles. The minimum Gasteiger partial charge on any atom is -0.491 e. The van der Waals surface area contributed by atoms with Gasteiger partial charge in [-0.25, -0.2) is 0 Å². The molecule has 0 spiro atoms. The third-order valence-electron chi connectivity index (χ3n) is 4.43. The Morgan fingerprint density at radius 2 is 1.73 bits per heavy atom. The van der Waals surface area contributed by atoms with Gasteiger partial charge in [0.15, 0.2) is 0 Å². The molecule has 0 saturated carbocycles. The molecule has 1 aliphatic heterocycles. The first kappa shape index (κ1) is 17.2. The molecule has 0 aliphatic carbocycles. The lowest BCUT2D eigenvalue weighted by atomic mass is 10.2. The van der Waals surface area contributed by atoms with Gasteiger partial charge in [0.2, 0.25) is 0 Å². The Bertz CT molecular complexity index is 416. The van der Waals surface area contributed by atoms with E-state index in [-0.39, 0.29) is 6.61 Å². The molecule has 1 aromatic rings. The Morgan fingerprint density at radius 3 is 2.32 bits per heavy atom. The molecule has 1 fully saturated rings. The molecule has 2 rings (SSSR count). The number of hydrogen-bond donors (Lipinski definition) is 4. The highest BCUT2D eigenvalue weighted by Gasteiger charge is 2.24. The zero-order chi connectivity index (χ0) is 15.8. The largest absolute Gasteiger partial charge is 0.491 e. The lowest BCUT2D eigenvalue weighted by Gasteiger charge is -2.30. The lowest BCUT2D eigenvalue weighted by molar-refractivity contribution is -1.01. The van der Waals surface area contributed by atoms with Crippen LogP contribution in [-0.2, 0) is 6.42 Å². The molecule has 0 amide bonds. The van der Waals surface area contributed by atoms with Crippen molar-refractivity contribution in [3.8, 4) is 5.75 Å². The van der Waals surface area contributed by atoms with Crippen LogP contribution in [0.5, 0.6) is 5.75 Å². The van der Waals surface area contributed by atoms with Crippen molar-refractivity contribution >= 4 is 0 Å². The van der Waals surface area contributed by atoms with Crippen LogP contribution in [0.3, 0.4) is 0 Å². The maximum absolute atomic E-state index is 10.1. The molecular weight excluding hydrogens is 280 g/mol. The van der Waals surface area contributed by atoms with Gasteiger partial charge in [-0.1, -0.05) is 19.1 Å². The van der Waals surface area contributed by atoms with Crippen LogP contribution in [0.15, 0.2) is 24.3 Å². The smallest absolute Gasteiger partial charge is 0.137 e. The monoisotopic (exact) mass is 310 g/mol. The molecule has 1 aliphatic rings. The van der Waals surface area contributed by atoms with Crippen LogP contribution in [-0.4, -0.2) is 68.8 Å². The number of aliphatic hydroxyl groups excluding tert-OH is 2. The summed E-state index contributed by atoms with van der Waals surface area (Å²) in [7, 11) is 0. The van der Waals surface area contributed by atoms with Crippen molar-refractivity contribution in [2.75, 3.05) is 52.5 Å². The normalized spacial score (nSPS) is 23.2. The number of aliphatic hydroxyl groups is 2. The Kier molecular flexibility index (Phi) is 7.12. The van der Waals surface area contributed by atoms with Crippen molar-refractivity contribution < 1.29 is 24.7 Å². The van der Waals surface area contributed by atoms with Gasteiger partial charge in [-0.05, 0) is 24.1 Å². The molecule has 124 valence electrons. The van der Waals surface area contributed by atoms with E-state index in [1.807, 2.05) is 12.1 Å². The molecule has 4 N–H and O–H groups in total. The van der Waals surface area contributed by atoms with E-state index in [2.05, 4.69) is 19.1 Å². The van der Waals surface area contributed by atoms with Gasteiger partial charge in [-0.3, -0.25) is 0 Å². The molecule has 1 saturated heterocycles. The second-order valence-corrected chi connectivity index (χ2v) is 6.14. The van der Waals surface area contributed by atoms with Gasteiger partial charge in [-0.2, -0.15) is 0 Å². The first-order valence-electron chi connectivity index (χ1n) is 8.39. The number of aryl methyl sites for hydroxylation is 1. The second-order valence-electron chi connectivity index (χ2n) is 6.14. The molecule has 5 heteroatoms. The van der Waals surface area contributed by atoms with Gasteiger partial charge in [0, 0.05) is 0 Å². The van der Waals surface area contributed by atoms with Gasteiger partial charge >= 0.3 is 0 Å². The van der Waals surface area contributed by atoms with Crippen molar-refractivity contribution in [3.63, 3.8) is 0 Å². The summed E-state index contributed by atoms with van der Waals surface area (Å²) >= 11 is 0. The summed E-state index contributed by atoms with van der Waals surface area (Å²) in [4.78, 5) is 2.90. The van der Waals surface area contributed by atoms with E-state index in [0.29, 0.717) is 6.61 Å². The average molecular weight is 310 g/mol. The summed E-state index contributed by atoms with van der Waals surface area (Å²) in [6.07, 6.45) is 0.594. The van der Waals surface area contributed by atoms with Crippen LogP contribution in [0.4, 0.5) is 0 Å². The average Bonchev–Trinajstić information content (AvgIpc) is 2.55. The summed E-state index contributed by atoms with van der Waals surface area (Å²) < 4.78 is 5.67. The Labute approximate surface area is 133 Å². The van der Waals surface area contributed by atoms with Crippen molar-refractivity contribution in [2.45, 2.75) is 19.4 Å². The standard InChI is InChI=1S/C17H28N2O3/c1-2-15-3-5-17(6-4-15)22-14-16(21)13-19-9-7-18(8-10-19)11-12-20/h3-6,16,20-21H,2,7-14H2,1H3/p+2/t16-/m1/s1. The Morgan fingerprint density at radius 1 is 1.09 bits per heavy atom. The molecule has 5 nitrogen and oxygen atoms in total. The fourth-order valence-electron chi connectivity index (χ4n) is 2.98. The fraction of sp³-hybridized carbons (Fsp3) is 0.647. The van der Waals surface area contributed by atoms with Gasteiger partial charge in [0.25, 0.3) is 0 Å². The van der Waals surface area contributed by atoms with Crippen LogP contribution in [0.25, 0.3) is 0 Å². The molecule has 0 bridgehead atoms. The van der Waals surface area contributed by atoms with E-state index in [1.54, 1.807) is 0 Å². The van der Waals surface area contributed by atoms with Crippen LogP contribution in [0.1, 0.15) is 12.5 Å². The molecular formula is C17H30N2O3+2. The van der Waals surface area contributed by atoms with Crippen molar-refractivity contribution in [2.24, 2.45) is 0 Å². The maximum Gasteiger partial charge on any atom is 0.137 e. The van der Waals surface area contributed by atoms with E-state index in [9.17, 15) is 5.11 Å². The number of nitrogens with one attached hydrogen (secondary N) is 2. The minimum atomic E-state index is -0.430. The summed E-state index contributed by atoms with van der Waals surface area (Å²) in [6.45, 7) is 8.57. The van der Waals surface area contributed by atoms with E-state index in [4.69, 9.17) is 9.84 Å². The van der Waals surface area contributed by atoms with Crippen molar-refractivity contribution in [1.29, 1.82) is 0 Å². The van der Waals surface area contributed by atoms with E-state index in [1.165, 1.54) is 15.4 Å². The maximum atomic E-state index is 10.1. The number of piperazine rings is 1. The number of rotatable bonds is 8. The van der Waals surface area contributed by atoms with Crippen LogP contribution >= 0.6 is 0 Å². The summed E-state index contributed by atoms with van der Waals surface area (Å²) in [5.74, 6) is 0.823. The number of hydrogen-bond acceptors (Lipinski definition) is 3. The fourth-order valence-corrected chi connectivity index (χ4v) is 2.98. The lowest BCUT2D eigenvalue weighted by Crippen LogP contribution is -3.28. The molecule has 0 radical (unpaired) electrons. The topological polar surface area (TPSA) is 58.6 Å². The van der Waals surface area contributed by atoms with Gasteiger partial charge in [0.1, 0.15) is 57.7 Å². The minimum absolute atomic E-state index is 0.262. The first-order valence-corrected chi connectivity index (χ1v) is 8.39. The predicted octanol–water partition coefficient (Wildman–Crippen LogP) is -2.24. The molecule has 22 heavy (non-hydrogen) atoms. The highest BCUT2D eigenvalue weighted by molar-refractivity contribution is 5.27. The first-order chi connectivity index (χ1) is 10.7. The SMILES string of the molecule is CCc1ccc(OC[C@H](O)C[NH+]2CC[NH+](CCO)CC2)cc1. The third kappa shape index (κ3) is 5.57. The summed E-state index contributed by atoms with van der Waals surface area (Å²) in [6, 6.07) is 8.07. The zero-order valence-corrected chi connectivity index (χ0v) is 13.6. The number of quaternary nitrogens is 2. The second kappa shape index (κ2) is 9.10. The zero-order valence-electron chi connectivity index (χ0n) is 13.6. The van der Waals surface area contributed by atoms with Gasteiger partial charge in [0.05, 0.1) is 6.61 Å². The van der Waals surface area contributed by atoms with Gasteiger partial charge < -0.3 is 24.7 Å². The van der Waals surface area contributed by atoms with Crippen molar-refractivity contribution in [3.05, 3.63) is 29.8 Å². The van der Waals surface area contributed by atoms with Crippen molar-refractivity contribution in [1.82, 2.24) is 0 Å². The number of benzene rings is 1. The molecule has 1 atom stereocenters. The van der Waals surface area contributed by atoms with Gasteiger partial charge in [-0.15, -0.1) is 0 Å². The third-order valence-corrected chi connectivity index (χ3v) is 4.43. The molecule has 0 unspecified atom stereocenters. The highest BCUT2D eigenvalue weighted by atomic mass is 16.5. The summed E-state index contributed by atoms with van der Waals surface area (Å²) in [5, 5.41) is 19.1. The predicted molar refractivity (Wildman–Crippen MR) is 85.5 cm³/mol. The van der Waals surface area contributed by atoms with Crippen LogP contribution in [0.2, 0.25) is 0 Å². The highest BCUT2D eigenvalue weighted by Crippen LogP contribution is 2.12. The van der Waals surface area contributed by atoms with Crippen LogP contribution < -0.4 is 14.5 Å². The summed E-state index contributed by atoms with van der Waals surface area (Å²) in [5.41, 5.74) is 1.29. The van der Waals surface area contributed by atoms with E-state index >= 15 is 0 Å². The Hall–Kier alpha value is -1.14. The van der Waals surface area contributed by atoms with E-state index in [0.717, 1.165) is 51.4 Å². The number of ether oxygens (including phenoxy) is 1. The molecule has 1 heterocycles. The Balaban J connectivity index is 1.66. The quantitative estimate of drug-likeness (QED) is 0.439. The van der Waals surface area contributed by atoms with Crippen LogP contribution in [0, 0.1) is 0 Å². The molecule has 1 aromatic carbocycles. The van der Waals surface area contributed by atoms with E-state index < -0.39 is 6.10 Å².